The summed E-state index contributed by atoms with van der Waals surface area (Å²) in [5.74, 6) is -2.20. The molecule has 2 aromatic carbocycles. The maximum absolute atomic E-state index is 15.5. The van der Waals surface area contributed by atoms with Crippen molar-refractivity contribution in [3.8, 4) is 17.0 Å². The summed E-state index contributed by atoms with van der Waals surface area (Å²) in [5.41, 5.74) is -6.83. The van der Waals surface area contributed by atoms with E-state index >= 15 is 4.39 Å². The summed E-state index contributed by atoms with van der Waals surface area (Å²) in [7, 11) is 1.37. The average Bonchev–Trinajstić information content (AvgIpc) is 3.80. The molecule has 43 heavy (non-hydrogen) atoms. The Morgan fingerprint density at radius 2 is 1.72 bits per heavy atom. The van der Waals surface area contributed by atoms with Crippen LogP contribution in [-0.2, 0) is 11.2 Å². The van der Waals surface area contributed by atoms with E-state index in [2.05, 4.69) is 15.3 Å². The van der Waals surface area contributed by atoms with Crippen molar-refractivity contribution in [3.63, 3.8) is 0 Å². The number of nitrogens with zero attached hydrogens (tertiary/aromatic N) is 2. The maximum Gasteiger partial charge on any atom is 0.424 e. The number of aromatic nitrogens is 2. The molecule has 0 radical (unpaired) electrons. The van der Waals surface area contributed by atoms with Crippen LogP contribution in [0.2, 0.25) is 0 Å². The molecule has 1 fully saturated rings. The van der Waals surface area contributed by atoms with Crippen LogP contribution in [0.3, 0.4) is 0 Å². The lowest BCUT2D eigenvalue weighted by atomic mass is 9.90. The summed E-state index contributed by atoms with van der Waals surface area (Å²) in [6.45, 7) is 0.895. The minimum absolute atomic E-state index is 0.0418. The fraction of sp³-hybridized carbons (Fsp3) is 0.323. The largest absolute Gasteiger partial charge is 0.494 e. The molecule has 2 heterocycles. The molecule has 2 aromatic heterocycles. The van der Waals surface area contributed by atoms with Gasteiger partial charge in [0.1, 0.15) is 22.8 Å². The Morgan fingerprint density at radius 1 is 1.05 bits per heavy atom. The number of amides is 1. The van der Waals surface area contributed by atoms with Crippen LogP contribution in [0.5, 0.6) is 5.75 Å². The van der Waals surface area contributed by atoms with Gasteiger partial charge in [0.15, 0.2) is 5.82 Å². The van der Waals surface area contributed by atoms with Gasteiger partial charge in [-0.25, -0.2) is 13.8 Å². The van der Waals surface area contributed by atoms with Crippen molar-refractivity contribution in [2.75, 3.05) is 13.7 Å². The van der Waals surface area contributed by atoms with Gasteiger partial charge in [0.2, 0.25) is 5.60 Å². The van der Waals surface area contributed by atoms with Gasteiger partial charge in [-0.15, -0.1) is 0 Å². The van der Waals surface area contributed by atoms with Gasteiger partial charge < -0.3 is 20.3 Å². The number of nitrogens with one attached hydrogen (secondary N) is 1. The van der Waals surface area contributed by atoms with Gasteiger partial charge in [-0.2, -0.15) is 13.2 Å². The van der Waals surface area contributed by atoms with Gasteiger partial charge in [0.05, 0.1) is 24.9 Å². The van der Waals surface area contributed by atoms with E-state index < -0.39 is 58.4 Å². The number of carbonyl (C=O) groups is 1. The summed E-state index contributed by atoms with van der Waals surface area (Å²) in [5, 5.41) is 24.3. The maximum atomic E-state index is 15.5. The molecule has 0 bridgehead atoms. The molecule has 7 nitrogen and oxygen atoms in total. The minimum Gasteiger partial charge on any atom is -0.494 e. The number of pyridine rings is 2. The first-order valence-corrected chi connectivity index (χ1v) is 13.4. The van der Waals surface area contributed by atoms with Crippen LogP contribution >= 0.6 is 0 Å². The lowest BCUT2D eigenvalue weighted by Crippen LogP contribution is -2.51. The highest BCUT2D eigenvalue weighted by atomic mass is 19.4. The fourth-order valence-corrected chi connectivity index (χ4v) is 4.79. The number of benzene rings is 2. The number of aliphatic hydroxyl groups is 2. The lowest BCUT2D eigenvalue weighted by Gasteiger charge is -2.32. The van der Waals surface area contributed by atoms with Crippen molar-refractivity contribution in [3.05, 3.63) is 88.7 Å². The SMILES string of the molecule is COc1cc(C(=O)NCC(O)(c2cc(C(C)(C)O)c(F)c(-c3ccc(F)cc3)n2)C(F)(F)F)cc2cc(C3CC3)cnc12. The summed E-state index contributed by atoms with van der Waals surface area (Å²) in [4.78, 5) is 21.4. The highest BCUT2D eigenvalue weighted by Gasteiger charge is 2.57. The molecule has 0 aliphatic heterocycles. The Kier molecular flexibility index (Phi) is 7.64. The molecule has 1 unspecified atom stereocenters. The van der Waals surface area contributed by atoms with Gasteiger partial charge in [-0.05, 0) is 86.7 Å². The second-order valence-electron chi connectivity index (χ2n) is 11.1. The number of hydrogen-bond donors (Lipinski definition) is 3. The number of carbonyl (C=O) groups excluding carboxylic acids is 1. The van der Waals surface area contributed by atoms with Crippen molar-refractivity contribution in [2.24, 2.45) is 0 Å². The van der Waals surface area contributed by atoms with Gasteiger partial charge >= 0.3 is 6.18 Å². The van der Waals surface area contributed by atoms with Crippen molar-refractivity contribution >= 4 is 16.8 Å². The first kappa shape index (κ1) is 30.3. The number of methoxy groups -OCH3 is 1. The van der Waals surface area contributed by atoms with E-state index in [-0.39, 0.29) is 16.9 Å². The van der Waals surface area contributed by atoms with Crippen molar-refractivity contribution in [2.45, 2.75) is 50.0 Å². The highest BCUT2D eigenvalue weighted by molar-refractivity contribution is 6.00. The zero-order chi connectivity index (χ0) is 31.3. The topological polar surface area (TPSA) is 105 Å². The zero-order valence-electron chi connectivity index (χ0n) is 23.4. The lowest BCUT2D eigenvalue weighted by molar-refractivity contribution is -0.265. The first-order chi connectivity index (χ1) is 20.1. The molecule has 1 aliphatic rings. The second kappa shape index (κ2) is 10.8. The summed E-state index contributed by atoms with van der Waals surface area (Å²) >= 11 is 0. The van der Waals surface area contributed by atoms with E-state index in [0.717, 1.165) is 56.5 Å². The van der Waals surface area contributed by atoms with Crippen LogP contribution in [0.15, 0.2) is 54.7 Å². The number of alkyl halides is 3. The number of halogens is 5. The van der Waals surface area contributed by atoms with Gasteiger partial charge in [0.25, 0.3) is 5.91 Å². The quantitative estimate of drug-likeness (QED) is 0.218. The van der Waals surface area contributed by atoms with Gasteiger partial charge in [-0.1, -0.05) is 0 Å². The van der Waals surface area contributed by atoms with E-state index in [9.17, 15) is 32.6 Å². The van der Waals surface area contributed by atoms with Crippen LogP contribution in [0.4, 0.5) is 22.0 Å². The minimum atomic E-state index is -5.41. The van der Waals surface area contributed by atoms with Crippen LogP contribution in [0, 0.1) is 11.6 Å². The Balaban J connectivity index is 1.54. The third-order valence-electron chi connectivity index (χ3n) is 7.43. The standard InChI is InChI=1S/C31H28F5N3O4/c1-29(2,41)22-13-24(39-27(25(22)33)17-6-8-21(32)9-7-17)30(42,31(34,35)36)15-38-28(40)19-10-18-11-20(16-4-5-16)14-37-26(18)23(12-19)43-3/h6-14,16,41-42H,4-5,15H2,1-3H3,(H,38,40). The number of hydrogen-bond acceptors (Lipinski definition) is 6. The molecule has 1 amide bonds. The van der Waals surface area contributed by atoms with Crippen molar-refractivity contribution in [1.29, 1.82) is 0 Å². The van der Waals surface area contributed by atoms with E-state index in [4.69, 9.17) is 4.74 Å². The molecule has 0 spiro atoms. The number of ether oxygens (including phenoxy) is 1. The van der Waals surface area contributed by atoms with E-state index in [1.807, 2.05) is 6.07 Å². The van der Waals surface area contributed by atoms with E-state index in [1.165, 1.54) is 19.2 Å². The molecule has 4 aromatic rings. The Bertz CT molecular complexity index is 1700. The molecular formula is C31H28F5N3O4. The third kappa shape index (κ3) is 5.89. The zero-order valence-corrected chi connectivity index (χ0v) is 23.4. The molecule has 5 rings (SSSR count). The Labute approximate surface area is 243 Å². The van der Waals surface area contributed by atoms with Crippen LogP contribution in [0.25, 0.3) is 22.2 Å². The third-order valence-corrected chi connectivity index (χ3v) is 7.43. The van der Waals surface area contributed by atoms with Crippen LogP contribution in [-0.4, -0.2) is 45.9 Å². The Morgan fingerprint density at radius 3 is 2.30 bits per heavy atom. The normalized spacial score (nSPS) is 15.3. The highest BCUT2D eigenvalue weighted by Crippen LogP contribution is 2.42. The van der Waals surface area contributed by atoms with Gasteiger partial charge in [-0.3, -0.25) is 9.78 Å². The second-order valence-corrected chi connectivity index (χ2v) is 11.1. The number of fused-ring (bicyclic) bond motifs is 1. The van der Waals surface area contributed by atoms with E-state index in [0.29, 0.717) is 22.9 Å². The smallest absolute Gasteiger partial charge is 0.424 e. The molecule has 1 aliphatic carbocycles. The van der Waals surface area contributed by atoms with Crippen molar-refractivity contribution < 1.29 is 41.7 Å². The molecule has 0 saturated heterocycles. The molecule has 3 N–H and O–H groups in total. The predicted octanol–water partition coefficient (Wildman–Crippen LogP) is 5.87. The molecule has 12 heteroatoms. The monoisotopic (exact) mass is 601 g/mol. The summed E-state index contributed by atoms with van der Waals surface area (Å²) in [6, 6.07) is 9.37. The average molecular weight is 602 g/mol. The summed E-state index contributed by atoms with van der Waals surface area (Å²) in [6.07, 6.45) is -1.66. The van der Waals surface area contributed by atoms with Gasteiger partial charge in [0, 0.05) is 28.3 Å². The van der Waals surface area contributed by atoms with Crippen molar-refractivity contribution in [1.82, 2.24) is 15.3 Å². The predicted molar refractivity (Wildman–Crippen MR) is 147 cm³/mol. The van der Waals surface area contributed by atoms with Crippen LogP contribution < -0.4 is 10.1 Å². The molecule has 226 valence electrons. The molecular weight excluding hydrogens is 573 g/mol. The summed E-state index contributed by atoms with van der Waals surface area (Å²) < 4.78 is 77.9. The molecule has 1 atom stereocenters. The molecule has 1 saturated carbocycles. The van der Waals surface area contributed by atoms with Crippen LogP contribution in [0.1, 0.15) is 59.8 Å². The number of rotatable bonds is 8. The Hall–Kier alpha value is -4.16. The van der Waals surface area contributed by atoms with E-state index in [1.54, 1.807) is 6.20 Å². The fourth-order valence-electron chi connectivity index (χ4n) is 4.79. The first-order valence-electron chi connectivity index (χ1n) is 13.4.